The standard InChI is InChI=1S/C10H14ClN3O4S2/c1-17-5-6-18-4-2-12-20(15,16)9-8(11)13-10-14(9)3-7-19-10/h3,7,12H,2,4-6H2,1H3. The molecule has 2 heterocycles. The number of fused-ring (bicyclic) bond motifs is 1. The molecule has 0 spiro atoms. The van der Waals surface area contributed by atoms with Gasteiger partial charge in [0.2, 0.25) is 0 Å². The Morgan fingerprint density at radius 2 is 2.25 bits per heavy atom. The molecule has 0 aliphatic rings. The summed E-state index contributed by atoms with van der Waals surface area (Å²) < 4.78 is 38.2. The van der Waals surface area contributed by atoms with E-state index in [0.29, 0.717) is 18.2 Å². The number of aromatic nitrogens is 2. The van der Waals surface area contributed by atoms with Crippen LogP contribution in [0.25, 0.3) is 4.96 Å². The predicted molar refractivity (Wildman–Crippen MR) is 76.0 cm³/mol. The smallest absolute Gasteiger partial charge is 0.259 e. The second-order valence-corrected chi connectivity index (χ2v) is 6.68. The number of ether oxygens (including phenoxy) is 2. The highest BCUT2D eigenvalue weighted by atomic mass is 35.5. The average molecular weight is 340 g/mol. The molecule has 0 unspecified atom stereocenters. The SMILES string of the molecule is COCCOCCNS(=O)(=O)c1c(Cl)nc2sccn12. The zero-order chi connectivity index (χ0) is 14.6. The minimum absolute atomic E-state index is 0.0374. The normalized spacial score (nSPS) is 12.3. The number of rotatable bonds is 8. The summed E-state index contributed by atoms with van der Waals surface area (Å²) in [5.74, 6) is 0. The zero-order valence-corrected chi connectivity index (χ0v) is 13.1. The Morgan fingerprint density at radius 3 is 3.00 bits per heavy atom. The van der Waals surface area contributed by atoms with Crippen LogP contribution in [0.3, 0.4) is 0 Å². The van der Waals surface area contributed by atoms with Gasteiger partial charge in [0.25, 0.3) is 10.0 Å². The number of hydrogen-bond acceptors (Lipinski definition) is 6. The monoisotopic (exact) mass is 339 g/mol. The third-order valence-corrected chi connectivity index (χ3v) is 5.02. The van der Waals surface area contributed by atoms with Gasteiger partial charge in [-0.25, -0.2) is 18.1 Å². The molecule has 2 rings (SSSR count). The van der Waals surface area contributed by atoms with E-state index in [1.54, 1.807) is 18.7 Å². The van der Waals surface area contributed by atoms with Crippen molar-refractivity contribution in [1.82, 2.24) is 14.1 Å². The fraction of sp³-hybridized carbons (Fsp3) is 0.500. The second kappa shape index (κ2) is 6.83. The van der Waals surface area contributed by atoms with Crippen LogP contribution in [0.15, 0.2) is 16.6 Å². The summed E-state index contributed by atoms with van der Waals surface area (Å²) in [4.78, 5) is 4.52. The molecule has 0 atom stereocenters. The number of nitrogens with one attached hydrogen (secondary N) is 1. The molecule has 0 saturated heterocycles. The van der Waals surface area contributed by atoms with E-state index in [4.69, 9.17) is 21.1 Å². The van der Waals surface area contributed by atoms with Gasteiger partial charge < -0.3 is 9.47 Å². The Kier molecular flexibility index (Phi) is 5.35. The van der Waals surface area contributed by atoms with Crippen molar-refractivity contribution in [3.63, 3.8) is 0 Å². The maximum atomic E-state index is 12.2. The van der Waals surface area contributed by atoms with E-state index in [1.807, 2.05) is 0 Å². The summed E-state index contributed by atoms with van der Waals surface area (Å²) in [6, 6.07) is 0. The molecule has 0 aliphatic heterocycles. The van der Waals surface area contributed by atoms with Crippen molar-refractivity contribution in [3.8, 4) is 0 Å². The van der Waals surface area contributed by atoms with Gasteiger partial charge in [0.1, 0.15) is 0 Å². The van der Waals surface area contributed by atoms with Crippen molar-refractivity contribution in [1.29, 1.82) is 0 Å². The van der Waals surface area contributed by atoms with Crippen LogP contribution < -0.4 is 4.72 Å². The van der Waals surface area contributed by atoms with Crippen molar-refractivity contribution in [2.75, 3.05) is 33.5 Å². The number of thiazole rings is 1. The Morgan fingerprint density at radius 1 is 1.45 bits per heavy atom. The van der Waals surface area contributed by atoms with Crippen LogP contribution in [-0.4, -0.2) is 51.3 Å². The Balaban J connectivity index is 2.00. The summed E-state index contributed by atoms with van der Waals surface area (Å²) in [6.07, 6.45) is 1.61. The van der Waals surface area contributed by atoms with Gasteiger partial charge in [-0.05, 0) is 0 Å². The average Bonchev–Trinajstić information content (AvgIpc) is 2.92. The van der Waals surface area contributed by atoms with E-state index in [9.17, 15) is 8.42 Å². The molecule has 1 N–H and O–H groups in total. The van der Waals surface area contributed by atoms with E-state index < -0.39 is 10.0 Å². The van der Waals surface area contributed by atoms with Crippen LogP contribution in [0.5, 0.6) is 0 Å². The van der Waals surface area contributed by atoms with Crippen LogP contribution in [-0.2, 0) is 19.5 Å². The van der Waals surface area contributed by atoms with E-state index in [1.165, 1.54) is 15.7 Å². The minimum atomic E-state index is -3.72. The van der Waals surface area contributed by atoms with Crippen molar-refractivity contribution in [2.45, 2.75) is 5.03 Å². The van der Waals surface area contributed by atoms with E-state index in [0.717, 1.165) is 0 Å². The maximum Gasteiger partial charge on any atom is 0.259 e. The molecule has 0 aliphatic carbocycles. The summed E-state index contributed by atoms with van der Waals surface area (Å²) in [5.41, 5.74) is 0. The Bertz CT molecular complexity index is 667. The first-order valence-electron chi connectivity index (χ1n) is 5.73. The molecule has 20 heavy (non-hydrogen) atoms. The topological polar surface area (TPSA) is 81.9 Å². The molecule has 2 aromatic heterocycles. The molecular weight excluding hydrogens is 326 g/mol. The summed E-state index contributed by atoms with van der Waals surface area (Å²) in [7, 11) is -2.15. The van der Waals surface area contributed by atoms with Gasteiger partial charge in [-0.15, -0.1) is 11.3 Å². The first kappa shape index (κ1) is 15.7. The molecule has 0 radical (unpaired) electrons. The molecule has 0 fully saturated rings. The molecule has 0 aromatic carbocycles. The molecule has 0 amide bonds. The van der Waals surface area contributed by atoms with Crippen molar-refractivity contribution >= 4 is 37.9 Å². The highest BCUT2D eigenvalue weighted by molar-refractivity contribution is 7.89. The number of methoxy groups -OCH3 is 1. The Hall–Kier alpha value is -0.710. The lowest BCUT2D eigenvalue weighted by atomic mass is 10.7. The van der Waals surface area contributed by atoms with E-state index >= 15 is 0 Å². The number of sulfonamides is 1. The predicted octanol–water partition coefficient (Wildman–Crippen LogP) is 0.991. The summed E-state index contributed by atoms with van der Waals surface area (Å²) in [5, 5.41) is 1.66. The van der Waals surface area contributed by atoms with Crippen LogP contribution >= 0.6 is 22.9 Å². The second-order valence-electron chi connectivity index (χ2n) is 3.77. The Labute approximate surface area is 125 Å². The van der Waals surface area contributed by atoms with Gasteiger partial charge in [0.15, 0.2) is 15.1 Å². The molecule has 0 bridgehead atoms. The first-order chi connectivity index (χ1) is 9.56. The van der Waals surface area contributed by atoms with Crippen LogP contribution in [0.1, 0.15) is 0 Å². The molecule has 0 saturated carbocycles. The fourth-order valence-electron chi connectivity index (χ4n) is 1.54. The summed E-state index contributed by atoms with van der Waals surface area (Å²) >= 11 is 7.20. The van der Waals surface area contributed by atoms with Crippen LogP contribution in [0.4, 0.5) is 0 Å². The zero-order valence-electron chi connectivity index (χ0n) is 10.7. The third kappa shape index (κ3) is 3.48. The van der Waals surface area contributed by atoms with Crippen molar-refractivity contribution < 1.29 is 17.9 Å². The largest absolute Gasteiger partial charge is 0.382 e. The minimum Gasteiger partial charge on any atom is -0.382 e. The summed E-state index contributed by atoms with van der Waals surface area (Å²) in [6.45, 7) is 1.29. The van der Waals surface area contributed by atoms with Gasteiger partial charge in [0, 0.05) is 25.2 Å². The van der Waals surface area contributed by atoms with E-state index in [2.05, 4.69) is 9.71 Å². The van der Waals surface area contributed by atoms with Gasteiger partial charge in [-0.1, -0.05) is 11.6 Å². The van der Waals surface area contributed by atoms with Gasteiger partial charge in [0.05, 0.1) is 19.8 Å². The number of hydrogen-bond donors (Lipinski definition) is 1. The van der Waals surface area contributed by atoms with Gasteiger partial charge >= 0.3 is 0 Å². The van der Waals surface area contributed by atoms with Crippen molar-refractivity contribution in [2.24, 2.45) is 0 Å². The van der Waals surface area contributed by atoms with Crippen LogP contribution in [0, 0.1) is 0 Å². The number of halogens is 1. The first-order valence-corrected chi connectivity index (χ1v) is 8.47. The molecule has 10 heteroatoms. The highest BCUT2D eigenvalue weighted by Crippen LogP contribution is 2.24. The van der Waals surface area contributed by atoms with E-state index in [-0.39, 0.29) is 23.3 Å². The van der Waals surface area contributed by atoms with Gasteiger partial charge in [-0.3, -0.25) is 4.40 Å². The molecule has 112 valence electrons. The third-order valence-electron chi connectivity index (χ3n) is 2.40. The van der Waals surface area contributed by atoms with Crippen LogP contribution in [0.2, 0.25) is 5.15 Å². The van der Waals surface area contributed by atoms with Gasteiger partial charge in [-0.2, -0.15) is 0 Å². The highest BCUT2D eigenvalue weighted by Gasteiger charge is 2.24. The lowest BCUT2D eigenvalue weighted by Crippen LogP contribution is -2.28. The molecular formula is C10H14ClN3O4S2. The molecule has 7 nitrogen and oxygen atoms in total. The number of imidazole rings is 1. The maximum absolute atomic E-state index is 12.2. The lowest BCUT2D eigenvalue weighted by molar-refractivity contribution is 0.0736. The fourth-order valence-corrected chi connectivity index (χ4v) is 4.00. The molecule has 2 aromatic rings. The quantitative estimate of drug-likeness (QED) is 0.725. The number of nitrogens with zero attached hydrogens (tertiary/aromatic N) is 2. The van der Waals surface area contributed by atoms with Crippen molar-refractivity contribution in [3.05, 3.63) is 16.7 Å². The lowest BCUT2D eigenvalue weighted by Gasteiger charge is -2.07.